The predicted octanol–water partition coefficient (Wildman–Crippen LogP) is 4.07. The maximum Gasteiger partial charge on any atom is 0.141 e. The zero-order chi connectivity index (χ0) is 15.6. The first-order valence-corrected chi connectivity index (χ1v) is 7.63. The van der Waals surface area contributed by atoms with Crippen molar-refractivity contribution in [2.45, 2.75) is 43.4 Å². The van der Waals surface area contributed by atoms with Crippen molar-refractivity contribution in [1.29, 1.82) is 0 Å². The summed E-state index contributed by atoms with van der Waals surface area (Å²) in [6.45, 7) is 12.0. The molecule has 2 N–H and O–H groups in total. The number of nitrogens with zero attached hydrogens (tertiary/aromatic N) is 3. The molecule has 2 heterocycles. The molecule has 2 aromatic heterocycles. The lowest BCUT2D eigenvalue weighted by Crippen LogP contribution is -1.99. The fourth-order valence-corrected chi connectivity index (χ4v) is 2.95. The molecular formula is C16H20N4S. The molecule has 0 aliphatic rings. The average Bonchev–Trinajstić information content (AvgIpc) is 2.41. The van der Waals surface area contributed by atoms with E-state index in [-0.39, 0.29) is 0 Å². The van der Waals surface area contributed by atoms with Gasteiger partial charge < -0.3 is 5.73 Å². The highest BCUT2D eigenvalue weighted by Crippen LogP contribution is 2.36. The maximum absolute atomic E-state index is 5.99. The molecule has 5 heteroatoms. The highest BCUT2D eigenvalue weighted by Gasteiger charge is 2.13. The van der Waals surface area contributed by atoms with Gasteiger partial charge in [-0.3, -0.25) is 4.98 Å². The molecule has 0 unspecified atom stereocenters. The van der Waals surface area contributed by atoms with Crippen LogP contribution >= 0.6 is 11.8 Å². The number of allylic oxidation sites excluding steroid dienone is 1. The van der Waals surface area contributed by atoms with E-state index in [1.165, 1.54) is 5.56 Å². The predicted molar refractivity (Wildman–Crippen MR) is 88.3 cm³/mol. The smallest absolute Gasteiger partial charge is 0.141 e. The summed E-state index contributed by atoms with van der Waals surface area (Å²) in [6, 6.07) is 2.06. The van der Waals surface area contributed by atoms with Crippen LogP contribution in [0.5, 0.6) is 0 Å². The zero-order valence-electron chi connectivity index (χ0n) is 12.8. The van der Waals surface area contributed by atoms with E-state index in [2.05, 4.69) is 41.4 Å². The van der Waals surface area contributed by atoms with Crippen molar-refractivity contribution in [3.63, 3.8) is 0 Å². The van der Waals surface area contributed by atoms with Gasteiger partial charge in [-0.2, -0.15) is 0 Å². The van der Waals surface area contributed by atoms with Crippen LogP contribution in [-0.4, -0.2) is 15.0 Å². The number of pyridine rings is 1. The number of hydrogen-bond acceptors (Lipinski definition) is 5. The number of anilines is 1. The lowest BCUT2D eigenvalue weighted by Gasteiger charge is -2.14. The van der Waals surface area contributed by atoms with Gasteiger partial charge in [0.15, 0.2) is 0 Å². The Morgan fingerprint density at radius 3 is 2.52 bits per heavy atom. The van der Waals surface area contributed by atoms with Crippen LogP contribution in [0.25, 0.3) is 5.57 Å². The molecule has 0 saturated carbocycles. The van der Waals surface area contributed by atoms with E-state index in [1.54, 1.807) is 18.0 Å². The minimum Gasteiger partial charge on any atom is -0.383 e. The Morgan fingerprint density at radius 2 is 1.95 bits per heavy atom. The number of nitrogen functional groups attached to an aromatic ring is 1. The van der Waals surface area contributed by atoms with Gasteiger partial charge in [-0.1, -0.05) is 32.2 Å². The summed E-state index contributed by atoms with van der Waals surface area (Å²) in [6.07, 6.45) is 3.69. The Hall–Kier alpha value is -1.88. The molecule has 2 rings (SSSR count). The van der Waals surface area contributed by atoms with Crippen LogP contribution < -0.4 is 5.73 Å². The topological polar surface area (TPSA) is 64.7 Å². The molecule has 0 atom stereocenters. The number of aromatic nitrogens is 3. The van der Waals surface area contributed by atoms with Gasteiger partial charge in [-0.05, 0) is 37.0 Å². The maximum atomic E-state index is 5.99. The number of rotatable bonds is 4. The molecule has 2 aromatic rings. The van der Waals surface area contributed by atoms with Crippen LogP contribution in [0, 0.1) is 6.92 Å². The third-order valence-corrected chi connectivity index (χ3v) is 4.19. The van der Waals surface area contributed by atoms with Crippen molar-refractivity contribution in [3.05, 3.63) is 42.1 Å². The number of nitrogens with two attached hydrogens (primary N) is 1. The van der Waals surface area contributed by atoms with Gasteiger partial charge in [0.05, 0.1) is 10.6 Å². The molecule has 0 aliphatic heterocycles. The first-order chi connectivity index (χ1) is 9.88. The minimum absolute atomic E-state index is 0.381. The van der Waals surface area contributed by atoms with E-state index in [0.29, 0.717) is 17.6 Å². The van der Waals surface area contributed by atoms with Crippen LogP contribution in [0.1, 0.15) is 43.8 Å². The van der Waals surface area contributed by atoms with E-state index in [0.717, 1.165) is 21.1 Å². The van der Waals surface area contributed by atoms with Crippen LogP contribution in [0.15, 0.2) is 34.8 Å². The van der Waals surface area contributed by atoms with Crippen molar-refractivity contribution in [2.24, 2.45) is 0 Å². The Labute approximate surface area is 129 Å². The largest absolute Gasteiger partial charge is 0.383 e. The molecule has 0 radical (unpaired) electrons. The monoisotopic (exact) mass is 300 g/mol. The molecule has 0 amide bonds. The third-order valence-electron chi connectivity index (χ3n) is 3.08. The second kappa shape index (κ2) is 6.26. The fourth-order valence-electron chi connectivity index (χ4n) is 1.88. The highest BCUT2D eigenvalue weighted by atomic mass is 32.2. The first kappa shape index (κ1) is 15.5. The van der Waals surface area contributed by atoms with Gasteiger partial charge in [-0.25, -0.2) is 9.97 Å². The molecule has 4 nitrogen and oxygen atoms in total. The van der Waals surface area contributed by atoms with Gasteiger partial charge in [0, 0.05) is 17.3 Å². The quantitative estimate of drug-likeness (QED) is 0.922. The van der Waals surface area contributed by atoms with E-state index in [1.807, 2.05) is 20.0 Å². The molecule has 0 aromatic carbocycles. The summed E-state index contributed by atoms with van der Waals surface area (Å²) in [5, 5.41) is 0. The Bertz CT molecular complexity index is 680. The highest BCUT2D eigenvalue weighted by molar-refractivity contribution is 7.99. The zero-order valence-corrected chi connectivity index (χ0v) is 13.7. The summed E-state index contributed by atoms with van der Waals surface area (Å²) in [5.41, 5.74) is 9.01. The molecule has 0 saturated heterocycles. The standard InChI is InChI=1S/C16H20N4S/c1-9(2)12-7-19-13(10(3)4)6-14(12)21-15-8-18-11(5)20-16(15)17/h6-9H,3H2,1-2,4-5H3,(H2,17,18,20). The minimum atomic E-state index is 0.381. The van der Waals surface area contributed by atoms with Gasteiger partial charge in [0.25, 0.3) is 0 Å². The molecule has 0 spiro atoms. The van der Waals surface area contributed by atoms with Gasteiger partial charge >= 0.3 is 0 Å². The molecule has 0 aliphatic carbocycles. The van der Waals surface area contributed by atoms with Crippen molar-refractivity contribution < 1.29 is 0 Å². The van der Waals surface area contributed by atoms with E-state index >= 15 is 0 Å². The SMILES string of the molecule is C=C(C)c1cc(Sc2cnc(C)nc2N)c(C(C)C)cn1. The first-order valence-electron chi connectivity index (χ1n) is 6.81. The Morgan fingerprint density at radius 1 is 1.24 bits per heavy atom. The van der Waals surface area contributed by atoms with Crippen molar-refractivity contribution >= 4 is 23.2 Å². The summed E-state index contributed by atoms with van der Waals surface area (Å²) >= 11 is 1.58. The summed E-state index contributed by atoms with van der Waals surface area (Å²) in [4.78, 5) is 14.9. The Kier molecular flexibility index (Phi) is 4.63. The van der Waals surface area contributed by atoms with Gasteiger partial charge in [0.2, 0.25) is 0 Å². The van der Waals surface area contributed by atoms with Crippen LogP contribution in [0.2, 0.25) is 0 Å². The molecule has 110 valence electrons. The summed E-state index contributed by atoms with van der Waals surface area (Å²) < 4.78 is 0. The van der Waals surface area contributed by atoms with Crippen molar-refractivity contribution in [1.82, 2.24) is 15.0 Å². The normalized spacial score (nSPS) is 10.9. The molecule has 0 bridgehead atoms. The van der Waals surface area contributed by atoms with Crippen molar-refractivity contribution in [3.8, 4) is 0 Å². The van der Waals surface area contributed by atoms with E-state index < -0.39 is 0 Å². The molecule has 0 fully saturated rings. The molecular weight excluding hydrogens is 280 g/mol. The van der Waals surface area contributed by atoms with Crippen LogP contribution in [0.3, 0.4) is 0 Å². The second-order valence-corrected chi connectivity index (χ2v) is 6.39. The average molecular weight is 300 g/mol. The van der Waals surface area contributed by atoms with Crippen molar-refractivity contribution in [2.75, 3.05) is 5.73 Å². The van der Waals surface area contributed by atoms with E-state index in [4.69, 9.17) is 5.73 Å². The van der Waals surface area contributed by atoms with Gasteiger partial charge in [0.1, 0.15) is 11.6 Å². The number of aryl methyl sites for hydroxylation is 1. The Balaban J connectivity index is 2.45. The van der Waals surface area contributed by atoms with E-state index in [9.17, 15) is 0 Å². The van der Waals surface area contributed by atoms with Gasteiger partial charge in [-0.15, -0.1) is 0 Å². The lowest BCUT2D eigenvalue weighted by atomic mass is 10.0. The summed E-state index contributed by atoms with van der Waals surface area (Å²) in [5.74, 6) is 1.57. The second-order valence-electron chi connectivity index (χ2n) is 5.31. The lowest BCUT2D eigenvalue weighted by molar-refractivity contribution is 0.830. The van der Waals surface area contributed by atoms with Crippen LogP contribution in [-0.2, 0) is 0 Å². The number of hydrogen-bond donors (Lipinski definition) is 1. The third kappa shape index (κ3) is 3.61. The van der Waals surface area contributed by atoms with Crippen LogP contribution in [0.4, 0.5) is 5.82 Å². The summed E-state index contributed by atoms with van der Waals surface area (Å²) in [7, 11) is 0. The molecule has 21 heavy (non-hydrogen) atoms. The fraction of sp³-hybridized carbons (Fsp3) is 0.312.